The Balaban J connectivity index is 2.08. The van der Waals surface area contributed by atoms with E-state index in [2.05, 4.69) is 25.9 Å². The number of aliphatic imine (C=N–C) groups is 1. The van der Waals surface area contributed by atoms with Gasteiger partial charge in [0.1, 0.15) is 0 Å². The summed E-state index contributed by atoms with van der Waals surface area (Å²) in [6.45, 7) is 0. The van der Waals surface area contributed by atoms with Gasteiger partial charge in [0.15, 0.2) is 5.88 Å². The second-order valence-electron chi connectivity index (χ2n) is 4.85. The Bertz CT molecular complexity index is 900. The lowest BCUT2D eigenvalue weighted by Gasteiger charge is -2.08. The number of para-hydroxylation sites is 1. The summed E-state index contributed by atoms with van der Waals surface area (Å²) < 4.78 is 39.7. The van der Waals surface area contributed by atoms with Gasteiger partial charge in [0.25, 0.3) is 0 Å². The van der Waals surface area contributed by atoms with Crippen molar-refractivity contribution in [3.63, 3.8) is 0 Å². The molecule has 3 nitrogen and oxygen atoms in total. The second kappa shape index (κ2) is 5.73. The third kappa shape index (κ3) is 3.10. The molecule has 3 aromatic rings. The average molecular weight is 383 g/mol. The van der Waals surface area contributed by atoms with E-state index in [4.69, 9.17) is 0 Å². The van der Waals surface area contributed by atoms with E-state index < -0.39 is 11.7 Å². The molecule has 2 aromatic carbocycles. The Morgan fingerprint density at radius 1 is 1.13 bits per heavy atom. The Morgan fingerprint density at radius 3 is 2.61 bits per heavy atom. The monoisotopic (exact) mass is 382 g/mol. The van der Waals surface area contributed by atoms with Crippen molar-refractivity contribution >= 4 is 38.7 Å². The van der Waals surface area contributed by atoms with Gasteiger partial charge in [-0.15, -0.1) is 0 Å². The summed E-state index contributed by atoms with van der Waals surface area (Å²) in [5.74, 6) is -0.147. The van der Waals surface area contributed by atoms with Crippen LogP contribution in [0, 0.1) is 0 Å². The van der Waals surface area contributed by atoms with Crippen LogP contribution in [0.15, 0.2) is 51.9 Å². The Kier molecular flexibility index (Phi) is 3.89. The maximum atomic E-state index is 13.0. The topological polar surface area (TPSA) is 48.4 Å². The highest BCUT2D eigenvalue weighted by Crippen LogP contribution is 2.36. The van der Waals surface area contributed by atoms with Gasteiger partial charge in [-0.1, -0.05) is 28.1 Å². The van der Waals surface area contributed by atoms with Gasteiger partial charge in [-0.05, 0) is 30.3 Å². The van der Waals surface area contributed by atoms with Crippen LogP contribution in [-0.2, 0) is 6.18 Å². The molecule has 0 aliphatic rings. The summed E-state index contributed by atoms with van der Waals surface area (Å²) in [5, 5.41) is 10.6. The summed E-state index contributed by atoms with van der Waals surface area (Å²) in [4.78, 5) is 6.67. The van der Waals surface area contributed by atoms with Crippen LogP contribution < -0.4 is 0 Å². The molecule has 0 aliphatic heterocycles. The first kappa shape index (κ1) is 15.6. The average Bonchev–Trinajstić information content (AvgIpc) is 2.79. The van der Waals surface area contributed by atoms with Crippen molar-refractivity contribution in [2.45, 2.75) is 6.18 Å². The number of alkyl halides is 3. The van der Waals surface area contributed by atoms with E-state index in [1.807, 2.05) is 0 Å². The smallest absolute Gasteiger partial charge is 0.418 e. The molecule has 23 heavy (non-hydrogen) atoms. The summed E-state index contributed by atoms with van der Waals surface area (Å²) in [6, 6.07) is 10.3. The number of fused-ring (bicyclic) bond motifs is 1. The fraction of sp³-hybridized carbons (Fsp3) is 0.0625. The maximum absolute atomic E-state index is 13.0. The molecule has 0 aliphatic carbocycles. The number of hydrogen-bond donors (Lipinski definition) is 2. The third-order valence-corrected chi connectivity index (χ3v) is 3.82. The van der Waals surface area contributed by atoms with Crippen LogP contribution in [0.3, 0.4) is 0 Å². The fourth-order valence-corrected chi connectivity index (χ4v) is 2.62. The van der Waals surface area contributed by atoms with Crippen LogP contribution in [0.5, 0.6) is 5.88 Å². The quantitative estimate of drug-likeness (QED) is 0.572. The molecule has 0 unspecified atom stereocenters. The normalized spacial score (nSPS) is 12.3. The van der Waals surface area contributed by atoms with Crippen molar-refractivity contribution in [3.8, 4) is 5.88 Å². The van der Waals surface area contributed by atoms with E-state index in [1.54, 1.807) is 18.2 Å². The number of hydrogen-bond acceptors (Lipinski definition) is 2. The first-order valence-electron chi connectivity index (χ1n) is 6.57. The number of halogens is 4. The van der Waals surface area contributed by atoms with E-state index in [0.29, 0.717) is 16.5 Å². The number of aromatic nitrogens is 1. The molecule has 2 N–H and O–H groups in total. The molecule has 1 aromatic heterocycles. The minimum atomic E-state index is -4.49. The first-order valence-corrected chi connectivity index (χ1v) is 7.36. The maximum Gasteiger partial charge on any atom is 0.418 e. The molecule has 0 amide bonds. The number of H-pyrrole nitrogens is 1. The standard InChI is InChI=1S/C16H10BrF3N2O/c17-9-5-6-13-10(7-9)11(15(23)22-13)8-21-14-4-2-1-3-12(14)16(18,19)20/h1-8,22-23H. The molecule has 0 bridgehead atoms. The lowest BCUT2D eigenvalue weighted by molar-refractivity contribution is -0.137. The molecule has 7 heteroatoms. The minimum Gasteiger partial charge on any atom is -0.494 e. The van der Waals surface area contributed by atoms with Crippen LogP contribution in [0.25, 0.3) is 10.9 Å². The Morgan fingerprint density at radius 2 is 1.87 bits per heavy atom. The lowest BCUT2D eigenvalue weighted by atomic mass is 10.1. The van der Waals surface area contributed by atoms with Crippen LogP contribution >= 0.6 is 15.9 Å². The van der Waals surface area contributed by atoms with Gasteiger partial charge >= 0.3 is 6.18 Å². The third-order valence-electron chi connectivity index (χ3n) is 3.32. The zero-order valence-electron chi connectivity index (χ0n) is 11.5. The van der Waals surface area contributed by atoms with Gasteiger partial charge in [0, 0.05) is 21.6 Å². The Hall–Kier alpha value is -2.28. The molecule has 118 valence electrons. The fourth-order valence-electron chi connectivity index (χ4n) is 2.26. The van der Waals surface area contributed by atoms with Crippen molar-refractivity contribution < 1.29 is 18.3 Å². The number of benzene rings is 2. The van der Waals surface area contributed by atoms with Gasteiger partial charge < -0.3 is 10.1 Å². The number of nitrogens with zero attached hydrogens (tertiary/aromatic N) is 1. The van der Waals surface area contributed by atoms with E-state index in [9.17, 15) is 18.3 Å². The van der Waals surface area contributed by atoms with Crippen molar-refractivity contribution in [1.29, 1.82) is 0 Å². The van der Waals surface area contributed by atoms with Gasteiger partial charge in [-0.3, -0.25) is 4.99 Å². The largest absolute Gasteiger partial charge is 0.494 e. The molecule has 3 rings (SSSR count). The van der Waals surface area contributed by atoms with Crippen LogP contribution in [0.1, 0.15) is 11.1 Å². The molecular weight excluding hydrogens is 373 g/mol. The predicted octanol–water partition coefficient (Wildman–Crippen LogP) is 5.41. The van der Waals surface area contributed by atoms with Crippen molar-refractivity contribution in [2.75, 3.05) is 0 Å². The molecule has 1 heterocycles. The van der Waals surface area contributed by atoms with Crippen LogP contribution in [0.4, 0.5) is 18.9 Å². The number of aromatic hydroxyl groups is 1. The second-order valence-corrected chi connectivity index (χ2v) is 5.77. The lowest BCUT2D eigenvalue weighted by Crippen LogP contribution is -2.04. The van der Waals surface area contributed by atoms with Crippen LogP contribution in [-0.4, -0.2) is 16.3 Å². The van der Waals surface area contributed by atoms with E-state index in [0.717, 1.165) is 10.5 Å². The molecule has 0 fully saturated rings. The van der Waals surface area contributed by atoms with Crippen molar-refractivity contribution in [1.82, 2.24) is 4.98 Å². The molecule has 0 atom stereocenters. The van der Waals surface area contributed by atoms with Gasteiger partial charge in [0.05, 0.1) is 16.8 Å². The minimum absolute atomic E-state index is 0.147. The van der Waals surface area contributed by atoms with Gasteiger partial charge in [0.2, 0.25) is 0 Å². The molecule has 0 saturated carbocycles. The zero-order valence-corrected chi connectivity index (χ0v) is 13.1. The molecule has 0 radical (unpaired) electrons. The number of aromatic amines is 1. The van der Waals surface area contributed by atoms with Crippen molar-refractivity contribution in [2.24, 2.45) is 4.99 Å². The van der Waals surface area contributed by atoms with Crippen LogP contribution in [0.2, 0.25) is 0 Å². The molecular formula is C16H10BrF3N2O. The van der Waals surface area contributed by atoms with E-state index >= 15 is 0 Å². The van der Waals surface area contributed by atoms with Gasteiger partial charge in [-0.25, -0.2) is 0 Å². The highest BCUT2D eigenvalue weighted by molar-refractivity contribution is 9.10. The number of rotatable bonds is 2. The highest BCUT2D eigenvalue weighted by Gasteiger charge is 2.33. The van der Waals surface area contributed by atoms with Gasteiger partial charge in [-0.2, -0.15) is 13.2 Å². The molecule has 0 saturated heterocycles. The summed E-state index contributed by atoms with van der Waals surface area (Å²) in [6.07, 6.45) is -3.26. The summed E-state index contributed by atoms with van der Waals surface area (Å²) >= 11 is 3.32. The van der Waals surface area contributed by atoms with E-state index in [1.165, 1.54) is 24.4 Å². The summed E-state index contributed by atoms with van der Waals surface area (Å²) in [7, 11) is 0. The van der Waals surface area contributed by atoms with E-state index in [-0.39, 0.29) is 11.6 Å². The SMILES string of the molecule is Oc1[nH]c2ccc(Br)cc2c1C=Nc1ccccc1C(F)(F)F. The first-order chi connectivity index (χ1) is 10.9. The predicted molar refractivity (Wildman–Crippen MR) is 86.4 cm³/mol. The number of nitrogens with one attached hydrogen (secondary N) is 1. The Labute approximate surface area is 137 Å². The summed E-state index contributed by atoms with van der Waals surface area (Å²) in [5.41, 5.74) is -0.0324. The highest BCUT2D eigenvalue weighted by atomic mass is 79.9. The zero-order chi connectivity index (χ0) is 16.6. The van der Waals surface area contributed by atoms with Crippen molar-refractivity contribution in [3.05, 3.63) is 58.1 Å². The molecule has 0 spiro atoms.